The molecule has 1 saturated heterocycles. The number of hydrogen-bond donors (Lipinski definition) is 3. The number of nitrogens with two attached hydrogens (primary N) is 2. The number of anilines is 2. The Morgan fingerprint density at radius 3 is 2.73 bits per heavy atom. The van der Waals surface area contributed by atoms with Crippen LogP contribution in [0.1, 0.15) is 18.4 Å². The van der Waals surface area contributed by atoms with Crippen molar-refractivity contribution in [2.24, 2.45) is 5.73 Å². The predicted molar refractivity (Wildman–Crippen MR) is 134 cm³/mol. The molecule has 1 fully saturated rings. The molecule has 3 aromatic heterocycles. The van der Waals surface area contributed by atoms with E-state index in [4.69, 9.17) is 23.1 Å². The van der Waals surface area contributed by atoms with E-state index in [-0.39, 0.29) is 30.4 Å². The molecule has 0 spiro atoms. The summed E-state index contributed by atoms with van der Waals surface area (Å²) in [6.45, 7) is 0.817. The number of fused-ring (bicyclic) bond motifs is 1. The van der Waals surface area contributed by atoms with Gasteiger partial charge in [-0.15, -0.1) is 0 Å². The van der Waals surface area contributed by atoms with Gasteiger partial charge in [-0.25, -0.2) is 28.1 Å². The van der Waals surface area contributed by atoms with Crippen LogP contribution in [0, 0.1) is 5.82 Å². The fourth-order valence-corrected chi connectivity index (χ4v) is 4.90. The first-order valence-corrected chi connectivity index (χ1v) is 11.9. The first kappa shape index (κ1) is 25.2. The number of piperidine rings is 1. The highest BCUT2D eigenvalue weighted by molar-refractivity contribution is 6.31. The number of hydrogen-bond acceptors (Lipinski definition) is 8. The second-order valence-electron chi connectivity index (χ2n) is 9.17. The minimum atomic E-state index is -2.96. The highest BCUT2D eigenvalue weighted by atomic mass is 35.5. The first-order chi connectivity index (χ1) is 17.7. The number of alkyl halides is 2. The number of aliphatic hydroxyl groups is 1. The maximum atomic E-state index is 13.8. The Bertz CT molecular complexity index is 1450. The summed E-state index contributed by atoms with van der Waals surface area (Å²) in [5.41, 5.74) is 14.2. The van der Waals surface area contributed by atoms with Crippen molar-refractivity contribution in [2.45, 2.75) is 37.5 Å². The third kappa shape index (κ3) is 4.79. The molecule has 194 valence electrons. The van der Waals surface area contributed by atoms with E-state index in [1.165, 1.54) is 18.5 Å². The second kappa shape index (κ2) is 9.77. The van der Waals surface area contributed by atoms with E-state index < -0.39 is 23.9 Å². The molecule has 0 bridgehead atoms. The molecule has 4 aromatic rings. The molecule has 5 N–H and O–H groups in total. The number of aliphatic hydroxyl groups excluding tert-OH is 1. The lowest BCUT2D eigenvalue weighted by atomic mass is 9.84. The van der Waals surface area contributed by atoms with Crippen LogP contribution >= 0.6 is 11.6 Å². The molecule has 0 radical (unpaired) electrons. The molecule has 13 heteroatoms. The molecule has 0 amide bonds. The minimum Gasteiger partial charge on any atom is -0.385 e. The van der Waals surface area contributed by atoms with Crippen molar-refractivity contribution in [3.8, 4) is 11.3 Å². The number of rotatable bonds is 6. The van der Waals surface area contributed by atoms with Gasteiger partial charge in [0.05, 0.1) is 41.0 Å². The van der Waals surface area contributed by atoms with E-state index in [1.807, 2.05) is 11.0 Å². The maximum absolute atomic E-state index is 13.8. The largest absolute Gasteiger partial charge is 0.385 e. The van der Waals surface area contributed by atoms with Gasteiger partial charge in [0.1, 0.15) is 23.8 Å². The molecule has 1 aromatic carbocycles. The number of halogens is 4. The number of nitrogen functional groups attached to an aromatic ring is 1. The summed E-state index contributed by atoms with van der Waals surface area (Å²) >= 11 is 5.99. The van der Waals surface area contributed by atoms with E-state index in [2.05, 4.69) is 19.9 Å². The first-order valence-electron chi connectivity index (χ1n) is 11.5. The summed E-state index contributed by atoms with van der Waals surface area (Å²) in [7, 11) is 0. The molecule has 0 saturated carbocycles. The van der Waals surface area contributed by atoms with Crippen LogP contribution in [0.3, 0.4) is 0 Å². The topological polar surface area (TPSA) is 132 Å². The molecule has 0 unspecified atom stereocenters. The molecule has 0 aliphatic carbocycles. The number of aromatic nitrogens is 5. The average molecular weight is 533 g/mol. The Morgan fingerprint density at radius 1 is 1.16 bits per heavy atom. The molecular formula is C24H24ClF3N8O. The highest BCUT2D eigenvalue weighted by Gasteiger charge is 2.43. The molecule has 37 heavy (non-hydrogen) atoms. The number of benzene rings is 1. The van der Waals surface area contributed by atoms with Crippen molar-refractivity contribution in [3.63, 3.8) is 0 Å². The van der Waals surface area contributed by atoms with Crippen LogP contribution < -0.4 is 16.4 Å². The molecule has 1 aliphatic heterocycles. The minimum absolute atomic E-state index is 0.00864. The monoisotopic (exact) mass is 532 g/mol. The third-order valence-electron chi connectivity index (χ3n) is 6.68. The van der Waals surface area contributed by atoms with Gasteiger partial charge in [-0.1, -0.05) is 11.6 Å². The van der Waals surface area contributed by atoms with Crippen molar-refractivity contribution in [2.75, 3.05) is 23.7 Å². The molecule has 1 aliphatic rings. The van der Waals surface area contributed by atoms with E-state index in [1.54, 1.807) is 23.2 Å². The fourth-order valence-electron chi connectivity index (χ4n) is 4.72. The summed E-state index contributed by atoms with van der Waals surface area (Å²) < 4.78 is 42.3. The summed E-state index contributed by atoms with van der Waals surface area (Å²) in [6.07, 6.45) is 0.372. The predicted octanol–water partition coefficient (Wildman–Crippen LogP) is 3.24. The van der Waals surface area contributed by atoms with Crippen LogP contribution in [-0.4, -0.2) is 60.8 Å². The van der Waals surface area contributed by atoms with Crippen molar-refractivity contribution in [1.29, 1.82) is 0 Å². The van der Waals surface area contributed by atoms with Crippen molar-refractivity contribution >= 4 is 34.3 Å². The second-order valence-corrected chi connectivity index (χ2v) is 9.58. The van der Waals surface area contributed by atoms with Gasteiger partial charge in [-0.05, 0) is 42.7 Å². The zero-order valence-electron chi connectivity index (χ0n) is 19.5. The Morgan fingerprint density at radius 2 is 1.97 bits per heavy atom. The van der Waals surface area contributed by atoms with Gasteiger partial charge >= 0.3 is 0 Å². The van der Waals surface area contributed by atoms with E-state index in [0.29, 0.717) is 41.1 Å². The van der Waals surface area contributed by atoms with Crippen LogP contribution in [0.2, 0.25) is 5.02 Å². The molecule has 9 nitrogen and oxygen atoms in total. The molecule has 4 heterocycles. The smallest absolute Gasteiger partial charge is 0.265 e. The molecular weight excluding hydrogens is 509 g/mol. The fraction of sp³-hybridized carbons (Fsp3) is 0.333. The third-order valence-corrected chi connectivity index (χ3v) is 6.97. The Hall–Kier alpha value is -3.48. The van der Waals surface area contributed by atoms with Crippen molar-refractivity contribution in [1.82, 2.24) is 24.5 Å². The van der Waals surface area contributed by atoms with Gasteiger partial charge in [0.25, 0.3) is 6.43 Å². The normalized spacial score (nSPS) is 19.1. The highest BCUT2D eigenvalue weighted by Crippen LogP contribution is 2.33. The van der Waals surface area contributed by atoms with Crippen LogP contribution in [0.4, 0.5) is 24.7 Å². The van der Waals surface area contributed by atoms with Crippen LogP contribution in [0.25, 0.3) is 22.4 Å². The molecule has 2 atom stereocenters. The quantitative estimate of drug-likeness (QED) is 0.345. The Labute approximate surface area is 214 Å². The SMILES string of the molecule is Nc1ncnc2c1ncn2Cc1cc(-c2ccc(F)c(Cl)c2)ncc1N1CCC[C@](N)([C@@H](O)C(F)F)C1. The van der Waals surface area contributed by atoms with Gasteiger partial charge in [-0.3, -0.25) is 4.98 Å². The van der Waals surface area contributed by atoms with Crippen LogP contribution in [0.15, 0.2) is 43.1 Å². The number of pyridine rings is 1. The lowest BCUT2D eigenvalue weighted by Gasteiger charge is -2.44. The van der Waals surface area contributed by atoms with Gasteiger partial charge < -0.3 is 26.0 Å². The summed E-state index contributed by atoms with van der Waals surface area (Å²) in [5.74, 6) is -0.306. The van der Waals surface area contributed by atoms with Gasteiger partial charge in [0, 0.05) is 18.7 Å². The zero-order valence-corrected chi connectivity index (χ0v) is 20.3. The summed E-state index contributed by atoms with van der Waals surface area (Å²) in [5, 5.41) is 10.1. The van der Waals surface area contributed by atoms with E-state index in [9.17, 15) is 18.3 Å². The van der Waals surface area contributed by atoms with Crippen LogP contribution in [0.5, 0.6) is 0 Å². The maximum Gasteiger partial charge on any atom is 0.265 e. The van der Waals surface area contributed by atoms with Gasteiger partial charge in [-0.2, -0.15) is 0 Å². The lowest BCUT2D eigenvalue weighted by Crippen LogP contribution is -2.63. The van der Waals surface area contributed by atoms with Gasteiger partial charge in [0.15, 0.2) is 11.5 Å². The van der Waals surface area contributed by atoms with Crippen molar-refractivity contribution < 1.29 is 18.3 Å². The average Bonchev–Trinajstić information content (AvgIpc) is 3.29. The van der Waals surface area contributed by atoms with E-state index >= 15 is 0 Å². The lowest BCUT2D eigenvalue weighted by molar-refractivity contribution is -0.0529. The Balaban J connectivity index is 1.58. The van der Waals surface area contributed by atoms with Crippen LogP contribution in [-0.2, 0) is 6.54 Å². The Kier molecular flexibility index (Phi) is 6.65. The summed E-state index contributed by atoms with van der Waals surface area (Å²) in [4.78, 5) is 19.0. The summed E-state index contributed by atoms with van der Waals surface area (Å²) in [6, 6.07) is 6.12. The molecule has 5 rings (SSSR count). The standard InChI is InChI=1S/C24H24ClF3N8O/c25-15-6-13(2-3-16(15)26)17-7-14(9-36-12-34-19-22(29)32-11-33-23(19)36)18(8-31-17)35-5-1-4-24(30,10-35)20(37)21(27)28/h2-3,6-8,11-12,20-21,37H,1,4-5,9-10,30H2,(H2,29,32,33)/t20-,24+/m0/s1. The number of nitrogens with zero attached hydrogens (tertiary/aromatic N) is 6. The van der Waals surface area contributed by atoms with Gasteiger partial charge in [0.2, 0.25) is 0 Å². The number of imidazole rings is 1. The zero-order chi connectivity index (χ0) is 26.3. The van der Waals surface area contributed by atoms with E-state index in [0.717, 1.165) is 5.56 Å². The van der Waals surface area contributed by atoms with Crippen molar-refractivity contribution in [3.05, 3.63) is 59.5 Å².